The van der Waals surface area contributed by atoms with Crippen LogP contribution in [0.3, 0.4) is 0 Å². The second-order valence-corrected chi connectivity index (χ2v) is 5.52. The predicted octanol–water partition coefficient (Wildman–Crippen LogP) is 1.66. The molecule has 0 saturated carbocycles. The first-order chi connectivity index (χ1) is 11.0. The van der Waals surface area contributed by atoms with Gasteiger partial charge in [-0.15, -0.1) is 0 Å². The SMILES string of the molecule is CN(C)CCCNC(=O)c1ccc(=O)n(-c2ccc(F)cc2)c1. The first kappa shape index (κ1) is 16.9. The van der Waals surface area contributed by atoms with Crippen LogP contribution in [0.2, 0.25) is 0 Å². The largest absolute Gasteiger partial charge is 0.352 e. The molecule has 5 nitrogen and oxygen atoms in total. The Morgan fingerprint density at radius 2 is 1.87 bits per heavy atom. The van der Waals surface area contributed by atoms with Crippen LogP contribution in [-0.2, 0) is 0 Å². The van der Waals surface area contributed by atoms with Gasteiger partial charge in [0.15, 0.2) is 0 Å². The zero-order valence-electron chi connectivity index (χ0n) is 13.3. The molecule has 0 unspecified atom stereocenters. The van der Waals surface area contributed by atoms with Gasteiger partial charge < -0.3 is 10.2 Å². The number of pyridine rings is 1. The van der Waals surface area contributed by atoms with Crippen LogP contribution >= 0.6 is 0 Å². The molecule has 1 aromatic heterocycles. The molecule has 0 atom stereocenters. The molecule has 1 aromatic carbocycles. The lowest BCUT2D eigenvalue weighted by atomic mass is 10.2. The van der Waals surface area contributed by atoms with Crippen LogP contribution in [0.4, 0.5) is 4.39 Å². The number of nitrogens with one attached hydrogen (secondary N) is 1. The Kier molecular flexibility index (Phi) is 5.65. The summed E-state index contributed by atoms with van der Waals surface area (Å²) in [5.41, 5.74) is 0.623. The zero-order valence-corrected chi connectivity index (χ0v) is 13.3. The molecule has 2 rings (SSSR count). The fourth-order valence-corrected chi connectivity index (χ4v) is 2.12. The van der Waals surface area contributed by atoms with Gasteiger partial charge in [-0.25, -0.2) is 4.39 Å². The van der Waals surface area contributed by atoms with Crippen molar-refractivity contribution < 1.29 is 9.18 Å². The highest BCUT2D eigenvalue weighted by Crippen LogP contribution is 2.08. The number of carbonyl (C=O) groups excluding carboxylic acids is 1. The highest BCUT2D eigenvalue weighted by molar-refractivity contribution is 5.93. The Morgan fingerprint density at radius 1 is 1.17 bits per heavy atom. The number of rotatable bonds is 6. The highest BCUT2D eigenvalue weighted by atomic mass is 19.1. The molecule has 1 heterocycles. The molecule has 23 heavy (non-hydrogen) atoms. The molecule has 0 aliphatic heterocycles. The maximum Gasteiger partial charge on any atom is 0.255 e. The number of hydrogen-bond donors (Lipinski definition) is 1. The van der Waals surface area contributed by atoms with E-state index in [1.807, 2.05) is 19.0 Å². The fraction of sp³-hybridized carbons (Fsp3) is 0.294. The molecule has 122 valence electrons. The third kappa shape index (κ3) is 4.75. The van der Waals surface area contributed by atoms with Crippen LogP contribution < -0.4 is 10.9 Å². The van der Waals surface area contributed by atoms with E-state index >= 15 is 0 Å². The summed E-state index contributed by atoms with van der Waals surface area (Å²) in [5.74, 6) is -0.615. The van der Waals surface area contributed by atoms with Gasteiger partial charge in [-0.2, -0.15) is 0 Å². The van der Waals surface area contributed by atoms with Crippen molar-refractivity contribution in [3.05, 3.63) is 64.3 Å². The smallest absolute Gasteiger partial charge is 0.255 e. The summed E-state index contributed by atoms with van der Waals surface area (Å²) in [4.78, 5) is 26.1. The van der Waals surface area contributed by atoms with E-state index in [1.54, 1.807) is 0 Å². The standard InChI is InChI=1S/C17H20FN3O2/c1-20(2)11-3-10-19-17(23)13-4-9-16(22)21(12-13)15-7-5-14(18)6-8-15/h4-9,12H,3,10-11H2,1-2H3,(H,19,23). The molecule has 0 radical (unpaired) electrons. The van der Waals surface area contributed by atoms with E-state index in [4.69, 9.17) is 0 Å². The molecule has 0 aliphatic rings. The third-order valence-corrected chi connectivity index (χ3v) is 3.35. The number of aromatic nitrogens is 1. The first-order valence-corrected chi connectivity index (χ1v) is 7.39. The van der Waals surface area contributed by atoms with Crippen LogP contribution in [0, 0.1) is 5.82 Å². The summed E-state index contributed by atoms with van der Waals surface area (Å²) in [5, 5.41) is 2.82. The summed E-state index contributed by atoms with van der Waals surface area (Å²) in [6, 6.07) is 8.36. The van der Waals surface area contributed by atoms with Gasteiger partial charge >= 0.3 is 0 Å². The minimum atomic E-state index is -0.378. The van der Waals surface area contributed by atoms with Crippen molar-refractivity contribution in [3.63, 3.8) is 0 Å². The van der Waals surface area contributed by atoms with Gasteiger partial charge in [0.1, 0.15) is 5.82 Å². The van der Waals surface area contributed by atoms with Crippen molar-refractivity contribution in [3.8, 4) is 5.69 Å². The maximum absolute atomic E-state index is 13.0. The van der Waals surface area contributed by atoms with Gasteiger partial charge in [0.25, 0.3) is 11.5 Å². The van der Waals surface area contributed by atoms with Crippen LogP contribution in [0.1, 0.15) is 16.8 Å². The second kappa shape index (κ2) is 7.69. The number of hydrogen-bond acceptors (Lipinski definition) is 3. The summed E-state index contributed by atoms with van der Waals surface area (Å²) in [6.45, 7) is 1.45. The van der Waals surface area contributed by atoms with Crippen molar-refractivity contribution in [2.24, 2.45) is 0 Å². The summed E-state index contributed by atoms with van der Waals surface area (Å²) >= 11 is 0. The normalized spacial score (nSPS) is 10.8. The van der Waals surface area contributed by atoms with Crippen LogP contribution in [0.5, 0.6) is 0 Å². The lowest BCUT2D eigenvalue weighted by Gasteiger charge is -2.11. The average Bonchev–Trinajstić information content (AvgIpc) is 2.52. The molecule has 0 fully saturated rings. The minimum absolute atomic E-state index is 0.236. The molecule has 1 amide bonds. The molecular formula is C17H20FN3O2. The monoisotopic (exact) mass is 317 g/mol. The summed E-state index contributed by atoms with van der Waals surface area (Å²) in [6.07, 6.45) is 2.31. The molecule has 0 bridgehead atoms. The van der Waals surface area contributed by atoms with Gasteiger partial charge in [-0.05, 0) is 57.4 Å². The number of nitrogens with zero attached hydrogens (tertiary/aromatic N) is 2. The van der Waals surface area contributed by atoms with E-state index in [1.165, 1.54) is 47.2 Å². The van der Waals surface area contributed by atoms with E-state index in [0.717, 1.165) is 13.0 Å². The Labute approximate surface area is 134 Å². The molecule has 0 spiro atoms. The molecule has 6 heteroatoms. The van der Waals surface area contributed by atoms with E-state index < -0.39 is 0 Å². The van der Waals surface area contributed by atoms with Crippen molar-refractivity contribution in [1.29, 1.82) is 0 Å². The maximum atomic E-state index is 13.0. The van der Waals surface area contributed by atoms with Crippen LogP contribution in [0.15, 0.2) is 47.4 Å². The predicted molar refractivity (Wildman–Crippen MR) is 87.5 cm³/mol. The van der Waals surface area contributed by atoms with Crippen molar-refractivity contribution in [2.45, 2.75) is 6.42 Å². The summed E-state index contributed by atoms with van der Waals surface area (Å²) < 4.78 is 14.3. The number of amides is 1. The fourth-order valence-electron chi connectivity index (χ4n) is 2.12. The van der Waals surface area contributed by atoms with E-state index in [2.05, 4.69) is 5.32 Å². The molecule has 0 aliphatic carbocycles. The summed E-state index contributed by atoms with van der Waals surface area (Å²) in [7, 11) is 3.95. The number of benzene rings is 1. The average molecular weight is 317 g/mol. The van der Waals surface area contributed by atoms with Gasteiger partial charge in [0.2, 0.25) is 0 Å². The highest BCUT2D eigenvalue weighted by Gasteiger charge is 2.08. The Balaban J connectivity index is 2.12. The second-order valence-electron chi connectivity index (χ2n) is 5.52. The van der Waals surface area contributed by atoms with Crippen molar-refractivity contribution in [2.75, 3.05) is 27.2 Å². The molecular weight excluding hydrogens is 297 g/mol. The van der Waals surface area contributed by atoms with E-state index in [9.17, 15) is 14.0 Å². The lowest BCUT2D eigenvalue weighted by molar-refractivity contribution is 0.0951. The third-order valence-electron chi connectivity index (χ3n) is 3.35. The number of halogens is 1. The van der Waals surface area contributed by atoms with Crippen molar-refractivity contribution >= 4 is 5.91 Å². The van der Waals surface area contributed by atoms with E-state index in [0.29, 0.717) is 17.8 Å². The molecule has 2 aromatic rings. The topological polar surface area (TPSA) is 54.3 Å². The Hall–Kier alpha value is -2.47. The minimum Gasteiger partial charge on any atom is -0.352 e. The van der Waals surface area contributed by atoms with Gasteiger partial charge in [-0.3, -0.25) is 14.2 Å². The van der Waals surface area contributed by atoms with Gasteiger partial charge in [-0.1, -0.05) is 0 Å². The molecule has 1 N–H and O–H groups in total. The Morgan fingerprint density at radius 3 is 2.52 bits per heavy atom. The van der Waals surface area contributed by atoms with E-state index in [-0.39, 0.29) is 17.3 Å². The Bertz CT molecular complexity index is 723. The van der Waals surface area contributed by atoms with Crippen LogP contribution in [-0.4, -0.2) is 42.6 Å². The number of carbonyl (C=O) groups is 1. The molecule has 0 saturated heterocycles. The zero-order chi connectivity index (χ0) is 16.8. The quantitative estimate of drug-likeness (QED) is 0.825. The van der Waals surface area contributed by atoms with Crippen LogP contribution in [0.25, 0.3) is 5.69 Å². The lowest BCUT2D eigenvalue weighted by Crippen LogP contribution is -2.28. The first-order valence-electron chi connectivity index (χ1n) is 7.39. The van der Waals surface area contributed by atoms with Gasteiger partial charge in [0.05, 0.1) is 5.56 Å². The van der Waals surface area contributed by atoms with Crippen molar-refractivity contribution in [1.82, 2.24) is 14.8 Å². The van der Waals surface area contributed by atoms with Gasteiger partial charge in [0, 0.05) is 24.5 Å².